The van der Waals surface area contributed by atoms with Gasteiger partial charge in [-0.2, -0.15) is 4.98 Å². The molecule has 1 heterocycles. The molecule has 0 bridgehead atoms. The molecular weight excluding hydrogens is 484 g/mol. The van der Waals surface area contributed by atoms with E-state index in [4.69, 9.17) is 21.0 Å². The zero-order valence-electron chi connectivity index (χ0n) is 21.5. The van der Waals surface area contributed by atoms with E-state index in [0.717, 1.165) is 22.3 Å². The summed E-state index contributed by atoms with van der Waals surface area (Å²) >= 11 is 6.05. The van der Waals surface area contributed by atoms with Crippen molar-refractivity contribution in [2.75, 3.05) is 5.32 Å². The molecule has 3 aromatic rings. The number of carbonyl (C=O) groups is 1. The second kappa shape index (κ2) is 10.9. The molecule has 190 valence electrons. The van der Waals surface area contributed by atoms with Gasteiger partial charge in [0.25, 0.3) is 0 Å². The molecule has 2 N–H and O–H groups in total. The Morgan fingerprint density at radius 2 is 1.72 bits per heavy atom. The fourth-order valence-corrected chi connectivity index (χ4v) is 4.09. The van der Waals surface area contributed by atoms with Gasteiger partial charge in [0.15, 0.2) is 11.0 Å². The number of hydrogen-bond donors (Lipinski definition) is 2. The lowest BCUT2D eigenvalue weighted by molar-refractivity contribution is 0.0634. The van der Waals surface area contributed by atoms with Gasteiger partial charge in [0.1, 0.15) is 11.3 Å². The molecule has 0 radical (unpaired) electrons. The summed E-state index contributed by atoms with van der Waals surface area (Å²) in [5.74, 6) is -0.997. The van der Waals surface area contributed by atoms with Gasteiger partial charge in [-0.25, -0.2) is 14.2 Å². The van der Waals surface area contributed by atoms with Crippen LogP contribution in [0.3, 0.4) is 0 Å². The Bertz CT molecular complexity index is 1280. The molecule has 0 aliphatic rings. The van der Waals surface area contributed by atoms with Gasteiger partial charge in [0, 0.05) is 5.56 Å². The van der Waals surface area contributed by atoms with Crippen molar-refractivity contribution in [1.82, 2.24) is 9.97 Å². The lowest BCUT2D eigenvalue weighted by atomic mass is 9.74. The van der Waals surface area contributed by atoms with E-state index in [1.165, 1.54) is 0 Å². The van der Waals surface area contributed by atoms with Gasteiger partial charge < -0.3 is 14.4 Å². The normalized spacial score (nSPS) is 11.4. The van der Waals surface area contributed by atoms with Crippen molar-refractivity contribution in [3.8, 4) is 11.3 Å². The van der Waals surface area contributed by atoms with Crippen molar-refractivity contribution in [3.05, 3.63) is 69.1 Å². The Balaban J connectivity index is 1.93. The van der Waals surface area contributed by atoms with Gasteiger partial charge in [0.05, 0.1) is 6.61 Å². The highest BCUT2D eigenvalue weighted by Crippen LogP contribution is 2.33. The van der Waals surface area contributed by atoms with Gasteiger partial charge in [-0.05, 0) is 70.6 Å². The maximum atomic E-state index is 15.1. The summed E-state index contributed by atoms with van der Waals surface area (Å²) in [6, 6.07) is 9.41. The average molecular weight is 514 g/mol. The first-order chi connectivity index (χ1) is 16.8. The summed E-state index contributed by atoms with van der Waals surface area (Å²) in [6.45, 7) is 12.7. The van der Waals surface area contributed by atoms with E-state index >= 15 is 4.39 Å². The average Bonchev–Trinajstić information content (AvgIpc) is 2.75. The van der Waals surface area contributed by atoms with Crippen molar-refractivity contribution >= 4 is 36.2 Å². The first-order valence-electron chi connectivity index (χ1n) is 11.5. The second-order valence-corrected chi connectivity index (χ2v) is 10.00. The number of rotatable bonds is 6. The van der Waals surface area contributed by atoms with Gasteiger partial charge in [-0.15, -0.1) is 0 Å². The maximum absolute atomic E-state index is 15.1. The molecule has 1 amide bonds. The Morgan fingerprint density at radius 3 is 2.33 bits per heavy atom. The van der Waals surface area contributed by atoms with Crippen LogP contribution < -0.4 is 10.8 Å². The molecule has 7 nitrogen and oxygen atoms in total. The third kappa shape index (κ3) is 6.40. The van der Waals surface area contributed by atoms with E-state index in [2.05, 4.69) is 15.3 Å². The molecule has 0 saturated heterocycles. The van der Waals surface area contributed by atoms with Crippen LogP contribution in [-0.4, -0.2) is 33.8 Å². The third-order valence-corrected chi connectivity index (χ3v) is 5.88. The predicted octanol–water partition coefficient (Wildman–Crippen LogP) is 5.42. The summed E-state index contributed by atoms with van der Waals surface area (Å²) in [5, 5.41) is 12.7. The van der Waals surface area contributed by atoms with Crippen LogP contribution in [0.1, 0.15) is 48.6 Å². The van der Waals surface area contributed by atoms with Crippen molar-refractivity contribution in [1.29, 1.82) is 0 Å². The van der Waals surface area contributed by atoms with Crippen LogP contribution in [0.5, 0.6) is 0 Å². The highest BCUT2D eigenvalue weighted by Gasteiger charge is 2.24. The van der Waals surface area contributed by atoms with Gasteiger partial charge >= 0.3 is 13.2 Å². The minimum Gasteiger partial charge on any atom is -0.444 e. The number of carbonyl (C=O) groups excluding carboxylic acids is 1. The number of hydrogen-bond acceptors (Lipinski definition) is 6. The van der Waals surface area contributed by atoms with Gasteiger partial charge in [0.2, 0.25) is 5.95 Å². The van der Waals surface area contributed by atoms with E-state index in [1.54, 1.807) is 20.8 Å². The molecule has 3 rings (SSSR count). The van der Waals surface area contributed by atoms with Crippen molar-refractivity contribution < 1.29 is 23.6 Å². The number of ether oxygens (including phenoxy) is 1. The predicted molar refractivity (Wildman–Crippen MR) is 140 cm³/mol. The summed E-state index contributed by atoms with van der Waals surface area (Å²) in [6.07, 6.45) is -0.785. The highest BCUT2D eigenvalue weighted by atomic mass is 35.5. The minimum absolute atomic E-state index is 0.0618. The van der Waals surface area contributed by atoms with E-state index < -0.39 is 29.8 Å². The number of aryl methyl sites for hydroxylation is 3. The Labute approximate surface area is 216 Å². The third-order valence-electron chi connectivity index (χ3n) is 5.63. The summed E-state index contributed by atoms with van der Waals surface area (Å²) < 4.78 is 26.1. The first-order valence-corrected chi connectivity index (χ1v) is 11.8. The van der Waals surface area contributed by atoms with Crippen molar-refractivity contribution in [3.63, 3.8) is 0 Å². The number of nitrogens with zero attached hydrogens (tertiary/aromatic N) is 2. The molecule has 0 atom stereocenters. The van der Waals surface area contributed by atoms with Crippen LogP contribution >= 0.6 is 11.6 Å². The van der Waals surface area contributed by atoms with Crippen LogP contribution in [-0.2, 0) is 16.0 Å². The Hall–Kier alpha value is -3.01. The van der Waals surface area contributed by atoms with E-state index in [0.29, 0.717) is 16.6 Å². The molecule has 0 aliphatic carbocycles. The largest absolute Gasteiger partial charge is 0.491 e. The fourth-order valence-electron chi connectivity index (χ4n) is 3.92. The van der Waals surface area contributed by atoms with E-state index in [1.807, 2.05) is 58.0 Å². The smallest absolute Gasteiger partial charge is 0.444 e. The molecule has 10 heteroatoms. The SMILES string of the molecule is Cc1cccc(C)c1B(O)OCc1ccc(C)c(-c2nc(NC(=O)OC(C)(C)C)nc(Cl)c2F)c1C. The molecule has 0 unspecified atom stereocenters. The summed E-state index contributed by atoms with van der Waals surface area (Å²) in [7, 11) is -1.12. The van der Waals surface area contributed by atoms with Crippen LogP contribution in [0.25, 0.3) is 11.3 Å². The molecule has 0 saturated carbocycles. The Morgan fingerprint density at radius 1 is 1.08 bits per heavy atom. The highest BCUT2D eigenvalue weighted by molar-refractivity contribution is 6.61. The molecule has 36 heavy (non-hydrogen) atoms. The standard InChI is InChI=1S/C26H30BClFN3O4/c1-14-11-12-18(13-35-27(34)20-15(2)9-8-10-16(20)3)17(4)19(14)22-21(29)23(28)31-24(30-22)32-25(33)36-26(5,6)7/h8-12,34H,13H2,1-7H3,(H,30,31,32,33). The second-order valence-electron chi connectivity index (χ2n) is 9.64. The number of aromatic nitrogens is 2. The molecular formula is C26H30BClFN3O4. The first kappa shape index (κ1) is 27.6. The molecule has 2 aromatic carbocycles. The lowest BCUT2D eigenvalue weighted by Gasteiger charge is -2.20. The quantitative estimate of drug-likeness (QED) is 0.338. The van der Waals surface area contributed by atoms with Gasteiger partial charge in [-0.3, -0.25) is 5.32 Å². The van der Waals surface area contributed by atoms with E-state index in [-0.39, 0.29) is 18.2 Å². The zero-order chi connectivity index (χ0) is 26.8. The minimum atomic E-state index is -1.12. The monoisotopic (exact) mass is 513 g/mol. The number of nitrogens with one attached hydrogen (secondary N) is 1. The lowest BCUT2D eigenvalue weighted by Crippen LogP contribution is -2.37. The van der Waals surface area contributed by atoms with Gasteiger partial charge in [-0.1, -0.05) is 53.1 Å². The van der Waals surface area contributed by atoms with Crippen LogP contribution in [0.4, 0.5) is 15.1 Å². The molecule has 0 fully saturated rings. The number of amides is 1. The fraction of sp³-hybridized carbons (Fsp3) is 0.346. The van der Waals surface area contributed by atoms with Crippen molar-refractivity contribution in [2.24, 2.45) is 0 Å². The van der Waals surface area contributed by atoms with Crippen molar-refractivity contribution in [2.45, 2.75) is 60.7 Å². The molecule has 0 aliphatic heterocycles. The zero-order valence-corrected chi connectivity index (χ0v) is 22.2. The summed E-state index contributed by atoms with van der Waals surface area (Å²) in [4.78, 5) is 20.2. The summed E-state index contributed by atoms with van der Waals surface area (Å²) in [5.41, 5.74) is 4.42. The Kier molecular flexibility index (Phi) is 8.38. The van der Waals surface area contributed by atoms with Crippen LogP contribution in [0.2, 0.25) is 5.15 Å². The topological polar surface area (TPSA) is 93.6 Å². The van der Waals surface area contributed by atoms with Crippen LogP contribution in [0, 0.1) is 33.5 Å². The molecule has 0 spiro atoms. The number of halogens is 2. The number of benzene rings is 2. The van der Waals surface area contributed by atoms with E-state index in [9.17, 15) is 9.82 Å². The molecule has 1 aromatic heterocycles. The maximum Gasteiger partial charge on any atom is 0.491 e. The van der Waals surface area contributed by atoms with Crippen LogP contribution in [0.15, 0.2) is 30.3 Å². The number of anilines is 1.